The summed E-state index contributed by atoms with van der Waals surface area (Å²) in [4.78, 5) is 12.3. The second kappa shape index (κ2) is 9.04. The summed E-state index contributed by atoms with van der Waals surface area (Å²) >= 11 is 2.06. The van der Waals surface area contributed by atoms with Gasteiger partial charge < -0.3 is 10.6 Å². The Hall–Kier alpha value is -0.220. The fourth-order valence-corrected chi connectivity index (χ4v) is 5.00. The maximum atomic E-state index is 12.3. The minimum Gasteiger partial charge on any atom is -0.353 e. The van der Waals surface area contributed by atoms with Gasteiger partial charge in [-0.05, 0) is 62.8 Å². The molecular weight excluding hydrogens is 280 g/mol. The van der Waals surface area contributed by atoms with E-state index in [4.69, 9.17) is 0 Å². The Morgan fingerprint density at radius 1 is 1.29 bits per heavy atom. The highest BCUT2D eigenvalue weighted by atomic mass is 32.2. The van der Waals surface area contributed by atoms with Crippen LogP contribution in [0.4, 0.5) is 0 Å². The van der Waals surface area contributed by atoms with Gasteiger partial charge in [-0.15, -0.1) is 0 Å². The number of nitrogens with one attached hydrogen (secondary N) is 2. The summed E-state index contributed by atoms with van der Waals surface area (Å²) < 4.78 is 0. The van der Waals surface area contributed by atoms with Crippen LogP contribution in [0.5, 0.6) is 0 Å². The van der Waals surface area contributed by atoms with Crippen molar-refractivity contribution in [3.05, 3.63) is 0 Å². The van der Waals surface area contributed by atoms with Crippen LogP contribution in [0.1, 0.15) is 58.8 Å². The smallest absolute Gasteiger partial charge is 0.220 e. The van der Waals surface area contributed by atoms with Gasteiger partial charge in [-0.1, -0.05) is 20.3 Å². The van der Waals surface area contributed by atoms with Crippen LogP contribution >= 0.6 is 11.8 Å². The highest BCUT2D eigenvalue weighted by Crippen LogP contribution is 2.29. The number of piperidine rings is 1. The van der Waals surface area contributed by atoms with Gasteiger partial charge >= 0.3 is 0 Å². The fraction of sp³-hybridized carbons (Fsp3) is 0.941. The summed E-state index contributed by atoms with van der Waals surface area (Å²) in [5, 5.41) is 7.47. The Labute approximate surface area is 134 Å². The molecule has 1 saturated carbocycles. The largest absolute Gasteiger partial charge is 0.353 e. The van der Waals surface area contributed by atoms with Crippen molar-refractivity contribution in [2.75, 3.05) is 18.8 Å². The Morgan fingerprint density at radius 2 is 2.05 bits per heavy atom. The zero-order valence-corrected chi connectivity index (χ0v) is 14.5. The van der Waals surface area contributed by atoms with Gasteiger partial charge in [0.05, 0.1) is 0 Å². The third kappa shape index (κ3) is 5.82. The molecule has 1 aliphatic heterocycles. The lowest BCUT2D eigenvalue weighted by Crippen LogP contribution is -2.40. The molecule has 3 nitrogen and oxygen atoms in total. The third-order valence-electron chi connectivity index (χ3n) is 5.09. The first-order chi connectivity index (χ1) is 10.2. The molecular formula is C17H32N2OS. The number of carbonyl (C=O) groups is 1. The van der Waals surface area contributed by atoms with Crippen LogP contribution in [0.3, 0.4) is 0 Å². The van der Waals surface area contributed by atoms with Gasteiger partial charge in [0.25, 0.3) is 0 Å². The Morgan fingerprint density at radius 3 is 2.76 bits per heavy atom. The van der Waals surface area contributed by atoms with Crippen LogP contribution in [0, 0.1) is 11.8 Å². The molecule has 0 spiro atoms. The topological polar surface area (TPSA) is 41.1 Å². The molecule has 21 heavy (non-hydrogen) atoms. The number of thioether (sulfide) groups is 1. The zero-order chi connectivity index (χ0) is 15.1. The molecule has 0 aromatic carbocycles. The Kier molecular flexibility index (Phi) is 7.38. The molecule has 3 atom stereocenters. The lowest BCUT2D eigenvalue weighted by Gasteiger charge is -2.31. The van der Waals surface area contributed by atoms with Gasteiger partial charge in [-0.25, -0.2) is 0 Å². The van der Waals surface area contributed by atoms with E-state index in [0.717, 1.165) is 24.3 Å². The van der Waals surface area contributed by atoms with Crippen LogP contribution < -0.4 is 10.6 Å². The Bertz CT molecular complexity index is 316. The van der Waals surface area contributed by atoms with Crippen LogP contribution in [0.15, 0.2) is 0 Å². The normalized spacial score (nSPS) is 29.0. The van der Waals surface area contributed by atoms with Crippen molar-refractivity contribution in [1.82, 2.24) is 10.6 Å². The molecule has 2 rings (SSSR count). The van der Waals surface area contributed by atoms with E-state index in [2.05, 4.69) is 36.2 Å². The molecule has 1 heterocycles. The van der Waals surface area contributed by atoms with Crippen molar-refractivity contribution >= 4 is 17.7 Å². The molecule has 2 fully saturated rings. The number of hydrogen-bond donors (Lipinski definition) is 2. The van der Waals surface area contributed by atoms with Gasteiger partial charge in [0.1, 0.15) is 0 Å². The first-order valence-electron chi connectivity index (χ1n) is 8.80. The third-order valence-corrected chi connectivity index (χ3v) is 6.32. The van der Waals surface area contributed by atoms with Gasteiger partial charge in [-0.2, -0.15) is 11.8 Å². The average Bonchev–Trinajstić information content (AvgIpc) is 2.48. The molecule has 1 aliphatic carbocycles. The maximum absolute atomic E-state index is 12.3. The minimum atomic E-state index is 0.285. The summed E-state index contributed by atoms with van der Waals surface area (Å²) in [6, 6.07) is 0.426. The quantitative estimate of drug-likeness (QED) is 0.791. The van der Waals surface area contributed by atoms with E-state index in [0.29, 0.717) is 18.4 Å². The molecule has 2 aliphatic rings. The van der Waals surface area contributed by atoms with E-state index in [9.17, 15) is 4.79 Å². The number of hydrogen-bond acceptors (Lipinski definition) is 3. The summed E-state index contributed by atoms with van der Waals surface area (Å²) in [7, 11) is 0. The first kappa shape index (κ1) is 17.1. The SMILES string of the molecule is CCSC1CCCC(NC(=O)CC(C)C2CCNCC2)C1. The van der Waals surface area contributed by atoms with E-state index in [1.165, 1.54) is 44.3 Å². The molecule has 3 unspecified atom stereocenters. The van der Waals surface area contributed by atoms with Crippen LogP contribution in [-0.4, -0.2) is 36.0 Å². The van der Waals surface area contributed by atoms with Crippen molar-refractivity contribution in [2.45, 2.75) is 70.1 Å². The van der Waals surface area contributed by atoms with Crippen molar-refractivity contribution < 1.29 is 4.79 Å². The standard InChI is InChI=1S/C17H32N2OS/c1-3-21-16-6-4-5-15(12-16)19-17(20)11-13(2)14-7-9-18-10-8-14/h13-16,18H,3-12H2,1-2H3,(H,19,20). The van der Waals surface area contributed by atoms with E-state index in [-0.39, 0.29) is 5.91 Å². The van der Waals surface area contributed by atoms with E-state index in [1.807, 2.05) is 0 Å². The lowest BCUT2D eigenvalue weighted by atomic mass is 9.84. The number of rotatable bonds is 6. The maximum Gasteiger partial charge on any atom is 0.220 e. The van der Waals surface area contributed by atoms with Crippen LogP contribution in [0.25, 0.3) is 0 Å². The first-order valence-corrected chi connectivity index (χ1v) is 9.85. The number of carbonyl (C=O) groups excluding carboxylic acids is 1. The highest BCUT2D eigenvalue weighted by molar-refractivity contribution is 7.99. The van der Waals surface area contributed by atoms with Crippen molar-refractivity contribution in [3.63, 3.8) is 0 Å². The predicted molar refractivity (Wildman–Crippen MR) is 91.7 cm³/mol. The summed E-state index contributed by atoms with van der Waals surface area (Å²) in [6.45, 7) is 6.73. The van der Waals surface area contributed by atoms with Gasteiger partial charge in [0.2, 0.25) is 5.91 Å². The van der Waals surface area contributed by atoms with Crippen LogP contribution in [-0.2, 0) is 4.79 Å². The Balaban J connectivity index is 1.70. The molecule has 122 valence electrons. The lowest BCUT2D eigenvalue weighted by molar-refractivity contribution is -0.123. The van der Waals surface area contributed by atoms with Gasteiger partial charge in [0.15, 0.2) is 0 Å². The zero-order valence-electron chi connectivity index (χ0n) is 13.7. The van der Waals surface area contributed by atoms with E-state index >= 15 is 0 Å². The second-order valence-electron chi connectivity index (χ2n) is 6.78. The van der Waals surface area contributed by atoms with Crippen molar-refractivity contribution in [1.29, 1.82) is 0 Å². The summed E-state index contributed by atoms with van der Waals surface area (Å²) in [5.41, 5.74) is 0. The molecule has 0 aromatic heterocycles. The monoisotopic (exact) mass is 312 g/mol. The molecule has 0 aromatic rings. The number of amides is 1. The minimum absolute atomic E-state index is 0.285. The van der Waals surface area contributed by atoms with Crippen molar-refractivity contribution in [2.24, 2.45) is 11.8 Å². The molecule has 0 radical (unpaired) electrons. The average molecular weight is 313 g/mol. The highest BCUT2D eigenvalue weighted by Gasteiger charge is 2.25. The molecule has 4 heteroatoms. The molecule has 0 bridgehead atoms. The molecule has 2 N–H and O–H groups in total. The predicted octanol–water partition coefficient (Wildman–Crippen LogP) is 3.19. The fourth-order valence-electron chi connectivity index (χ4n) is 3.82. The summed E-state index contributed by atoms with van der Waals surface area (Å²) in [6.07, 6.45) is 8.12. The van der Waals surface area contributed by atoms with Gasteiger partial charge in [-0.3, -0.25) is 4.79 Å². The molecule has 1 saturated heterocycles. The summed E-state index contributed by atoms with van der Waals surface area (Å²) in [5.74, 6) is 2.73. The molecule has 1 amide bonds. The second-order valence-corrected chi connectivity index (χ2v) is 8.35. The van der Waals surface area contributed by atoms with Gasteiger partial charge in [0, 0.05) is 17.7 Å². The van der Waals surface area contributed by atoms with Crippen LogP contribution in [0.2, 0.25) is 0 Å². The van der Waals surface area contributed by atoms with E-state index in [1.54, 1.807) is 0 Å². The van der Waals surface area contributed by atoms with E-state index < -0.39 is 0 Å². The van der Waals surface area contributed by atoms with Crippen molar-refractivity contribution in [3.8, 4) is 0 Å².